The van der Waals surface area contributed by atoms with Crippen molar-refractivity contribution in [3.05, 3.63) is 35.1 Å². The third-order valence-corrected chi connectivity index (χ3v) is 8.31. The summed E-state index contributed by atoms with van der Waals surface area (Å²) in [6.45, 7) is 2.89. The number of sulfonamides is 1. The lowest BCUT2D eigenvalue weighted by atomic mass is 9.77. The van der Waals surface area contributed by atoms with Crippen molar-refractivity contribution in [1.29, 1.82) is 0 Å². The minimum Gasteiger partial charge on any atom is -0.330 e. The Labute approximate surface area is 155 Å². The van der Waals surface area contributed by atoms with Crippen molar-refractivity contribution in [2.24, 2.45) is 11.7 Å². The van der Waals surface area contributed by atoms with Gasteiger partial charge in [0, 0.05) is 31.7 Å². The van der Waals surface area contributed by atoms with Crippen molar-refractivity contribution < 1.29 is 12.8 Å². The molecule has 7 heteroatoms. The van der Waals surface area contributed by atoms with Crippen LogP contribution in [0.4, 0.5) is 4.39 Å². The molecule has 0 amide bonds. The molecular weight excluding hydrogens is 353 g/mol. The topological polar surface area (TPSA) is 66.6 Å². The fourth-order valence-corrected chi connectivity index (χ4v) is 6.94. The van der Waals surface area contributed by atoms with E-state index in [1.807, 2.05) is 6.07 Å². The summed E-state index contributed by atoms with van der Waals surface area (Å²) >= 11 is 0. The standard InChI is InChI=1S/C19H28FN3O2S/c20-16-5-4-14-6-9-22-13-15-3-1-8-23(26(24,25)10-2-7-21)18(15)12-19(22)17(14)11-16/h4-5,11,15,18-19H,1-3,6-10,12-13,21H2/t15-,18+,19+/m1/s1. The van der Waals surface area contributed by atoms with Crippen LogP contribution in [0.1, 0.15) is 42.9 Å². The molecular formula is C19H28FN3O2S. The average molecular weight is 382 g/mol. The van der Waals surface area contributed by atoms with Crippen LogP contribution in [0, 0.1) is 11.7 Å². The van der Waals surface area contributed by atoms with Crippen LogP contribution in [-0.4, -0.2) is 55.6 Å². The van der Waals surface area contributed by atoms with Crippen molar-refractivity contribution in [3.63, 3.8) is 0 Å². The molecule has 2 saturated heterocycles. The number of fused-ring (bicyclic) bond motifs is 4. The maximum absolute atomic E-state index is 13.9. The van der Waals surface area contributed by atoms with Gasteiger partial charge in [0.2, 0.25) is 10.0 Å². The summed E-state index contributed by atoms with van der Waals surface area (Å²) in [4.78, 5) is 2.44. The summed E-state index contributed by atoms with van der Waals surface area (Å²) in [5.74, 6) is 0.304. The molecule has 0 bridgehead atoms. The van der Waals surface area contributed by atoms with Crippen molar-refractivity contribution in [1.82, 2.24) is 9.21 Å². The predicted molar refractivity (Wildman–Crippen MR) is 99.7 cm³/mol. The lowest BCUT2D eigenvalue weighted by Crippen LogP contribution is -2.57. The van der Waals surface area contributed by atoms with Crippen LogP contribution in [0.2, 0.25) is 0 Å². The Hall–Kier alpha value is -1.02. The van der Waals surface area contributed by atoms with Gasteiger partial charge >= 0.3 is 0 Å². The molecule has 3 atom stereocenters. The highest BCUT2D eigenvalue weighted by atomic mass is 32.2. The first-order valence-electron chi connectivity index (χ1n) is 9.71. The number of nitrogens with two attached hydrogens (primary N) is 1. The van der Waals surface area contributed by atoms with Crippen molar-refractivity contribution in [3.8, 4) is 0 Å². The minimum absolute atomic E-state index is 0.0296. The number of nitrogens with zero attached hydrogens (tertiary/aromatic N) is 2. The van der Waals surface area contributed by atoms with E-state index in [0.717, 1.165) is 44.3 Å². The van der Waals surface area contributed by atoms with Crippen LogP contribution in [0.3, 0.4) is 0 Å². The zero-order valence-electron chi connectivity index (χ0n) is 15.1. The third-order valence-electron chi connectivity index (χ3n) is 6.34. The Morgan fingerprint density at radius 1 is 1.27 bits per heavy atom. The van der Waals surface area contributed by atoms with Crippen LogP contribution in [0.25, 0.3) is 0 Å². The fraction of sp³-hybridized carbons (Fsp3) is 0.684. The maximum Gasteiger partial charge on any atom is 0.214 e. The Balaban J connectivity index is 1.62. The largest absolute Gasteiger partial charge is 0.330 e. The van der Waals surface area contributed by atoms with Gasteiger partial charge in [0.25, 0.3) is 0 Å². The van der Waals surface area contributed by atoms with Gasteiger partial charge in [-0.25, -0.2) is 12.8 Å². The fourth-order valence-electron chi connectivity index (χ4n) is 5.10. The average Bonchev–Trinajstić information content (AvgIpc) is 2.64. The molecule has 3 heterocycles. The molecule has 0 saturated carbocycles. The summed E-state index contributed by atoms with van der Waals surface area (Å²) in [5.41, 5.74) is 7.79. The molecule has 2 N–H and O–H groups in total. The Morgan fingerprint density at radius 2 is 2.12 bits per heavy atom. The van der Waals surface area contributed by atoms with Crippen LogP contribution in [-0.2, 0) is 16.4 Å². The minimum atomic E-state index is -3.28. The SMILES string of the molecule is NCCCS(=O)(=O)N1CCC[C@@H]2CN3CCc4ccc(F)cc4[C@@H]3C[C@@H]21. The summed E-state index contributed by atoms with van der Waals surface area (Å²) in [6, 6.07) is 5.24. The molecule has 3 aliphatic heterocycles. The van der Waals surface area contributed by atoms with Crippen molar-refractivity contribution >= 4 is 10.0 Å². The second-order valence-corrected chi connectivity index (χ2v) is 9.92. The lowest BCUT2D eigenvalue weighted by molar-refractivity contribution is 0.0218. The second kappa shape index (κ2) is 7.19. The van der Waals surface area contributed by atoms with Crippen LogP contribution < -0.4 is 5.73 Å². The molecule has 144 valence electrons. The monoisotopic (exact) mass is 381 g/mol. The zero-order chi connectivity index (χ0) is 18.3. The molecule has 4 rings (SSSR count). The first kappa shape index (κ1) is 18.3. The predicted octanol–water partition coefficient (Wildman–Crippen LogP) is 1.89. The van der Waals surface area contributed by atoms with E-state index in [9.17, 15) is 12.8 Å². The summed E-state index contributed by atoms with van der Waals surface area (Å²) in [5, 5.41) is 0. The highest BCUT2D eigenvalue weighted by molar-refractivity contribution is 7.89. The first-order valence-corrected chi connectivity index (χ1v) is 11.3. The summed E-state index contributed by atoms with van der Waals surface area (Å²) in [6.07, 6.45) is 4.21. The van der Waals surface area contributed by atoms with Crippen LogP contribution in [0.15, 0.2) is 18.2 Å². The second-order valence-electron chi connectivity index (χ2n) is 7.88. The van der Waals surface area contributed by atoms with Gasteiger partial charge in [0.15, 0.2) is 0 Å². The van der Waals surface area contributed by atoms with Gasteiger partial charge in [-0.3, -0.25) is 4.90 Å². The van der Waals surface area contributed by atoms with E-state index in [1.165, 1.54) is 11.6 Å². The molecule has 26 heavy (non-hydrogen) atoms. The smallest absolute Gasteiger partial charge is 0.214 e. The molecule has 0 radical (unpaired) electrons. The number of benzene rings is 1. The molecule has 1 aromatic carbocycles. The van der Waals surface area contributed by atoms with E-state index in [2.05, 4.69) is 4.90 Å². The Morgan fingerprint density at radius 3 is 2.92 bits per heavy atom. The molecule has 0 aliphatic carbocycles. The van der Waals surface area contributed by atoms with E-state index >= 15 is 0 Å². The third kappa shape index (κ3) is 3.30. The van der Waals surface area contributed by atoms with Gasteiger partial charge in [-0.2, -0.15) is 4.31 Å². The molecule has 2 fully saturated rings. The molecule has 0 unspecified atom stereocenters. The van der Waals surface area contributed by atoms with E-state index in [0.29, 0.717) is 25.4 Å². The quantitative estimate of drug-likeness (QED) is 0.865. The van der Waals surface area contributed by atoms with Crippen LogP contribution >= 0.6 is 0 Å². The summed E-state index contributed by atoms with van der Waals surface area (Å²) < 4.78 is 41.3. The number of piperidine rings is 2. The highest BCUT2D eigenvalue weighted by Gasteiger charge is 2.45. The molecule has 0 spiro atoms. The zero-order valence-corrected chi connectivity index (χ0v) is 15.9. The van der Waals surface area contributed by atoms with E-state index < -0.39 is 10.0 Å². The summed E-state index contributed by atoms with van der Waals surface area (Å²) in [7, 11) is -3.28. The number of rotatable bonds is 4. The Bertz CT molecular complexity index is 770. The van der Waals surface area contributed by atoms with E-state index in [1.54, 1.807) is 10.4 Å². The van der Waals surface area contributed by atoms with Gasteiger partial charge in [-0.1, -0.05) is 6.07 Å². The maximum atomic E-state index is 13.9. The van der Waals surface area contributed by atoms with Crippen molar-refractivity contribution in [2.75, 3.05) is 31.9 Å². The molecule has 5 nitrogen and oxygen atoms in total. The molecule has 0 aromatic heterocycles. The van der Waals surface area contributed by atoms with Crippen molar-refractivity contribution in [2.45, 2.75) is 44.2 Å². The number of halogens is 1. The number of hydrogen-bond donors (Lipinski definition) is 1. The van der Waals surface area contributed by atoms with E-state index in [4.69, 9.17) is 5.73 Å². The lowest BCUT2D eigenvalue weighted by Gasteiger charge is -2.51. The normalized spacial score (nSPS) is 29.7. The Kier molecular flexibility index (Phi) is 5.07. The molecule has 3 aliphatic rings. The van der Waals surface area contributed by atoms with Gasteiger partial charge in [-0.05, 0) is 67.8 Å². The van der Waals surface area contributed by atoms with Gasteiger partial charge < -0.3 is 5.73 Å². The van der Waals surface area contributed by atoms with Crippen LogP contribution in [0.5, 0.6) is 0 Å². The van der Waals surface area contributed by atoms with E-state index in [-0.39, 0.29) is 23.7 Å². The van der Waals surface area contributed by atoms with Gasteiger partial charge in [-0.15, -0.1) is 0 Å². The van der Waals surface area contributed by atoms with Gasteiger partial charge in [0.05, 0.1) is 5.75 Å². The van der Waals surface area contributed by atoms with Gasteiger partial charge in [0.1, 0.15) is 5.82 Å². The number of hydrogen-bond acceptors (Lipinski definition) is 4. The highest BCUT2D eigenvalue weighted by Crippen LogP contribution is 2.43. The molecule has 1 aromatic rings. The first-order chi connectivity index (χ1) is 12.5.